The molecule has 2 bridgehead atoms. The van der Waals surface area contributed by atoms with Crippen LogP contribution in [-0.4, -0.2) is 62.0 Å². The minimum atomic E-state index is -0.414. The predicted molar refractivity (Wildman–Crippen MR) is 105 cm³/mol. The number of aliphatic hydroxyl groups is 1. The summed E-state index contributed by atoms with van der Waals surface area (Å²) in [4.78, 5) is 4.57. The number of β-amino-alcohol motifs (C(OH)–C–C–N with tert-alkyl or cyclic N) is 1. The van der Waals surface area contributed by atoms with Crippen LogP contribution >= 0.6 is 0 Å². The molecule has 4 rings (SSSR count). The molecule has 0 amide bonds. The highest BCUT2D eigenvalue weighted by Crippen LogP contribution is 2.49. The zero-order valence-corrected chi connectivity index (χ0v) is 16.2. The fourth-order valence-corrected chi connectivity index (χ4v) is 5.38. The molecule has 0 radical (unpaired) electrons. The monoisotopic (exact) mass is 376 g/mol. The first-order valence-electron chi connectivity index (χ1n) is 10.7. The fourth-order valence-electron chi connectivity index (χ4n) is 5.38. The summed E-state index contributed by atoms with van der Waals surface area (Å²) in [5.74, 6) is 2.64. The smallest absolute Gasteiger partial charge is 0.123 e. The van der Waals surface area contributed by atoms with Crippen molar-refractivity contribution < 1.29 is 14.2 Å². The van der Waals surface area contributed by atoms with Crippen molar-refractivity contribution in [2.45, 2.75) is 38.2 Å². The summed E-state index contributed by atoms with van der Waals surface area (Å²) in [6, 6.07) is 6.70. The number of benzene rings is 1. The molecule has 1 heterocycles. The zero-order valence-electron chi connectivity index (χ0n) is 16.2. The van der Waals surface area contributed by atoms with Crippen molar-refractivity contribution in [3.8, 4) is 0 Å². The summed E-state index contributed by atoms with van der Waals surface area (Å²) in [5.41, 5.74) is 1.07. The van der Waals surface area contributed by atoms with Crippen molar-refractivity contribution in [1.82, 2.24) is 4.90 Å². The Bertz CT molecular complexity index is 588. The first-order chi connectivity index (χ1) is 13.2. The minimum absolute atomic E-state index is 0.194. The number of hydrogen-bond donors (Lipinski definition) is 1. The highest BCUT2D eigenvalue weighted by atomic mass is 19.1. The molecule has 1 aliphatic heterocycles. The van der Waals surface area contributed by atoms with Gasteiger partial charge in [0.25, 0.3) is 0 Å². The molecule has 27 heavy (non-hydrogen) atoms. The van der Waals surface area contributed by atoms with Crippen LogP contribution in [0.1, 0.15) is 32.1 Å². The van der Waals surface area contributed by atoms with Crippen molar-refractivity contribution in [2.75, 3.05) is 50.8 Å². The number of rotatable bonds is 8. The molecule has 4 nitrogen and oxygen atoms in total. The largest absolute Gasteiger partial charge is 0.389 e. The van der Waals surface area contributed by atoms with Gasteiger partial charge in [0.05, 0.1) is 12.7 Å². The quantitative estimate of drug-likeness (QED) is 0.707. The Balaban J connectivity index is 1.09. The lowest BCUT2D eigenvalue weighted by Gasteiger charge is -2.36. The molecule has 3 fully saturated rings. The second kappa shape index (κ2) is 8.89. The van der Waals surface area contributed by atoms with Crippen molar-refractivity contribution >= 4 is 5.69 Å². The number of halogens is 1. The van der Waals surface area contributed by atoms with E-state index in [9.17, 15) is 9.50 Å². The Morgan fingerprint density at radius 1 is 1.07 bits per heavy atom. The van der Waals surface area contributed by atoms with Crippen molar-refractivity contribution in [1.29, 1.82) is 0 Å². The van der Waals surface area contributed by atoms with E-state index in [1.54, 1.807) is 0 Å². The van der Waals surface area contributed by atoms with Crippen LogP contribution in [0.15, 0.2) is 24.3 Å². The Kier molecular flexibility index (Phi) is 6.31. The minimum Gasteiger partial charge on any atom is -0.389 e. The van der Waals surface area contributed by atoms with Gasteiger partial charge in [0.1, 0.15) is 5.82 Å². The summed E-state index contributed by atoms with van der Waals surface area (Å²) < 4.78 is 18.8. The first kappa shape index (κ1) is 19.2. The van der Waals surface area contributed by atoms with Crippen LogP contribution in [0, 0.1) is 23.6 Å². The molecular weight excluding hydrogens is 343 g/mol. The number of fused-ring (bicyclic) bond motifs is 2. The Hall–Kier alpha value is -1.17. The molecule has 1 saturated heterocycles. The van der Waals surface area contributed by atoms with E-state index in [1.165, 1.54) is 44.2 Å². The van der Waals surface area contributed by atoms with Gasteiger partial charge in [-0.15, -0.1) is 0 Å². The molecule has 5 heteroatoms. The molecule has 0 unspecified atom stereocenters. The molecule has 4 atom stereocenters. The molecule has 2 saturated carbocycles. The number of hydrogen-bond acceptors (Lipinski definition) is 4. The van der Waals surface area contributed by atoms with E-state index in [-0.39, 0.29) is 5.82 Å². The summed E-state index contributed by atoms with van der Waals surface area (Å²) >= 11 is 0. The lowest BCUT2D eigenvalue weighted by molar-refractivity contribution is 0.0100. The fraction of sp³-hybridized carbons (Fsp3) is 0.727. The van der Waals surface area contributed by atoms with E-state index >= 15 is 0 Å². The van der Waals surface area contributed by atoms with Crippen LogP contribution in [-0.2, 0) is 4.74 Å². The average Bonchev–Trinajstić information content (AvgIpc) is 3.30. The summed E-state index contributed by atoms with van der Waals surface area (Å²) in [5, 5.41) is 10.3. The van der Waals surface area contributed by atoms with Gasteiger partial charge in [0.2, 0.25) is 0 Å². The predicted octanol–water partition coefficient (Wildman–Crippen LogP) is 3.15. The van der Waals surface area contributed by atoms with E-state index in [1.807, 2.05) is 12.1 Å². The van der Waals surface area contributed by atoms with Crippen molar-refractivity contribution in [2.24, 2.45) is 17.8 Å². The maximum absolute atomic E-state index is 13.0. The highest BCUT2D eigenvalue weighted by Gasteiger charge is 2.38. The third-order valence-electron chi connectivity index (χ3n) is 6.86. The highest BCUT2D eigenvalue weighted by molar-refractivity contribution is 5.46. The Morgan fingerprint density at radius 2 is 1.85 bits per heavy atom. The first-order valence-corrected chi connectivity index (χ1v) is 10.7. The van der Waals surface area contributed by atoms with Gasteiger partial charge in [-0.05, 0) is 67.7 Å². The van der Waals surface area contributed by atoms with Crippen molar-refractivity contribution in [3.63, 3.8) is 0 Å². The van der Waals surface area contributed by atoms with E-state index in [4.69, 9.17) is 4.74 Å². The maximum Gasteiger partial charge on any atom is 0.123 e. The summed E-state index contributed by atoms with van der Waals surface area (Å²) in [6.07, 6.45) is 6.51. The number of nitrogens with zero attached hydrogens (tertiary/aromatic N) is 2. The number of piperazine rings is 1. The van der Waals surface area contributed by atoms with Gasteiger partial charge in [-0.2, -0.15) is 0 Å². The maximum atomic E-state index is 13.0. The molecule has 0 spiro atoms. The van der Waals surface area contributed by atoms with E-state index in [0.29, 0.717) is 13.2 Å². The number of anilines is 1. The second-order valence-corrected chi connectivity index (χ2v) is 8.72. The van der Waals surface area contributed by atoms with Gasteiger partial charge in [0, 0.05) is 45.0 Å². The van der Waals surface area contributed by atoms with Crippen LogP contribution < -0.4 is 4.90 Å². The van der Waals surface area contributed by atoms with Gasteiger partial charge in [-0.25, -0.2) is 4.39 Å². The Morgan fingerprint density at radius 3 is 2.52 bits per heavy atom. The molecule has 1 aromatic rings. The van der Waals surface area contributed by atoms with Gasteiger partial charge in [-0.1, -0.05) is 6.42 Å². The SMILES string of the molecule is O[C@@H](COCC[C@@H]1C[C@H]2CC[C@H]1C2)CN1CCN(c2ccc(F)cc2)CC1. The Labute approximate surface area is 162 Å². The average molecular weight is 377 g/mol. The molecule has 0 aromatic heterocycles. The topological polar surface area (TPSA) is 35.9 Å². The lowest BCUT2D eigenvalue weighted by atomic mass is 9.87. The third-order valence-corrected chi connectivity index (χ3v) is 6.86. The van der Waals surface area contributed by atoms with Crippen LogP contribution in [0.3, 0.4) is 0 Å². The van der Waals surface area contributed by atoms with Gasteiger partial charge < -0.3 is 14.7 Å². The zero-order chi connectivity index (χ0) is 18.6. The normalized spacial score (nSPS) is 29.4. The van der Waals surface area contributed by atoms with E-state index in [2.05, 4.69) is 9.80 Å². The van der Waals surface area contributed by atoms with Crippen LogP contribution in [0.25, 0.3) is 0 Å². The number of ether oxygens (including phenoxy) is 1. The van der Waals surface area contributed by atoms with Gasteiger partial charge in [-0.3, -0.25) is 4.90 Å². The molecule has 3 aliphatic rings. The molecule has 2 aliphatic carbocycles. The van der Waals surface area contributed by atoms with E-state index in [0.717, 1.165) is 56.2 Å². The van der Waals surface area contributed by atoms with Crippen LogP contribution in [0.4, 0.5) is 10.1 Å². The standard InChI is InChI=1S/C22H33FN2O2/c23-20-3-5-21(6-4-20)25-10-8-24(9-11-25)15-22(26)16-27-12-7-19-14-17-1-2-18(19)13-17/h3-6,17-19,22,26H,1-2,7-16H2/t17-,18-,19+,22+/m0/s1. The van der Waals surface area contributed by atoms with Crippen LogP contribution in [0.2, 0.25) is 0 Å². The molecule has 150 valence electrons. The van der Waals surface area contributed by atoms with Gasteiger partial charge in [0.15, 0.2) is 0 Å². The molecule has 1 aromatic carbocycles. The number of aliphatic hydroxyl groups excluding tert-OH is 1. The van der Waals surface area contributed by atoms with Gasteiger partial charge >= 0.3 is 0 Å². The summed E-state index contributed by atoms with van der Waals surface area (Å²) in [7, 11) is 0. The van der Waals surface area contributed by atoms with Crippen LogP contribution in [0.5, 0.6) is 0 Å². The lowest BCUT2D eigenvalue weighted by Crippen LogP contribution is -2.49. The summed E-state index contributed by atoms with van der Waals surface area (Å²) in [6.45, 7) is 5.56. The van der Waals surface area contributed by atoms with Crippen molar-refractivity contribution in [3.05, 3.63) is 30.1 Å². The molecule has 1 N–H and O–H groups in total. The third kappa shape index (κ3) is 5.01. The van der Waals surface area contributed by atoms with E-state index < -0.39 is 6.10 Å². The molecular formula is C22H33FN2O2. The second-order valence-electron chi connectivity index (χ2n) is 8.72.